The third kappa shape index (κ3) is 5.39. The highest BCUT2D eigenvalue weighted by atomic mass is 32.2. The van der Waals surface area contributed by atoms with Gasteiger partial charge in [-0.3, -0.25) is 22.7 Å². The molecule has 190 valence electrons. The zero-order valence-electron chi connectivity index (χ0n) is 15.9. The molecule has 1 fully saturated rings. The van der Waals surface area contributed by atoms with E-state index in [1.54, 1.807) is 4.98 Å². The van der Waals surface area contributed by atoms with Gasteiger partial charge in [0.25, 0.3) is 5.56 Å². The molecule has 1 aromatic rings. The first kappa shape index (κ1) is 27.2. The van der Waals surface area contributed by atoms with Crippen molar-refractivity contribution in [1.29, 1.82) is 0 Å². The average Bonchev–Trinajstić information content (AvgIpc) is 2.89. The number of rotatable bonds is 7. The number of nitrogens with one attached hydrogen (secondary N) is 1. The number of nitrogens with zero attached hydrogens (tertiary/aromatic N) is 1. The van der Waals surface area contributed by atoms with E-state index in [-0.39, 0.29) is 0 Å². The Kier molecular flexibility index (Phi) is 7.12. The summed E-state index contributed by atoms with van der Waals surface area (Å²) in [5, 5.41) is 0. The summed E-state index contributed by atoms with van der Waals surface area (Å²) in [6.07, 6.45) is -3.94. The van der Waals surface area contributed by atoms with Gasteiger partial charge in [0.15, 0.2) is 12.4 Å². The second-order valence-corrected chi connectivity index (χ2v) is 9.86. The summed E-state index contributed by atoms with van der Waals surface area (Å²) >= 11 is 0. The summed E-state index contributed by atoms with van der Waals surface area (Å²) < 4.78 is 148. The van der Waals surface area contributed by atoms with Crippen LogP contribution in [0.4, 0.5) is 30.7 Å². The highest BCUT2D eigenvalue weighted by Gasteiger charge is 2.59. The monoisotopic (exact) mass is 538 g/mol. The minimum atomic E-state index is -6.39. The van der Waals surface area contributed by atoms with E-state index in [1.807, 2.05) is 0 Å². The van der Waals surface area contributed by atoms with Crippen LogP contribution in [-0.2, 0) is 33.3 Å². The molecule has 2 heterocycles. The smallest absolute Gasteiger partial charge is 0.343 e. The van der Waals surface area contributed by atoms with Crippen LogP contribution in [0, 0.1) is 5.92 Å². The third-order valence-corrected chi connectivity index (χ3v) is 6.53. The van der Waals surface area contributed by atoms with Gasteiger partial charge in [0, 0.05) is 18.2 Å². The first-order valence-corrected chi connectivity index (χ1v) is 11.1. The second kappa shape index (κ2) is 8.64. The third-order valence-electron chi connectivity index (χ3n) is 4.54. The van der Waals surface area contributed by atoms with E-state index in [0.29, 0.717) is 16.8 Å². The van der Waals surface area contributed by atoms with Gasteiger partial charge in [-0.25, -0.2) is 9.18 Å². The number of aromatic nitrogens is 2. The Morgan fingerprint density at radius 1 is 1.03 bits per heavy atom. The highest BCUT2D eigenvalue weighted by molar-refractivity contribution is 7.87. The Hall–Kier alpha value is -2.03. The molecule has 3 atom stereocenters. The van der Waals surface area contributed by atoms with Crippen molar-refractivity contribution in [1.82, 2.24) is 9.55 Å². The van der Waals surface area contributed by atoms with Gasteiger partial charge in [-0.05, 0) is 0 Å². The van der Waals surface area contributed by atoms with E-state index in [4.69, 9.17) is 4.74 Å². The predicted octanol–water partition coefficient (Wildman–Crippen LogP) is 0.511. The molecule has 1 aliphatic rings. The lowest BCUT2D eigenvalue weighted by atomic mass is 9.89. The minimum absolute atomic E-state index is 0.348. The number of ether oxygens (including phenoxy) is 1. The Balaban J connectivity index is 2.49. The molecule has 0 bridgehead atoms. The molecule has 0 unspecified atom stereocenters. The molecule has 11 nitrogen and oxygen atoms in total. The summed E-state index contributed by atoms with van der Waals surface area (Å²) in [7, 11) is -12.8. The van der Waals surface area contributed by atoms with Crippen LogP contribution in [0.25, 0.3) is 0 Å². The van der Waals surface area contributed by atoms with Crippen LogP contribution in [0.3, 0.4) is 0 Å². The number of aromatic amines is 1. The van der Waals surface area contributed by atoms with Crippen LogP contribution in [-0.4, -0.2) is 62.4 Å². The van der Waals surface area contributed by atoms with Gasteiger partial charge in [-0.15, -0.1) is 0 Å². The van der Waals surface area contributed by atoms with E-state index in [2.05, 4.69) is 8.37 Å². The van der Waals surface area contributed by atoms with E-state index >= 15 is 0 Å². The Labute approximate surface area is 179 Å². The van der Waals surface area contributed by atoms with E-state index < -0.39 is 79.6 Å². The molecule has 1 aliphatic heterocycles. The van der Waals surface area contributed by atoms with Gasteiger partial charge in [-0.2, -0.15) is 43.2 Å². The van der Waals surface area contributed by atoms with Crippen molar-refractivity contribution >= 4 is 20.2 Å². The van der Waals surface area contributed by atoms with Crippen LogP contribution in [0.2, 0.25) is 0 Å². The SMILES string of the molecule is C[C@H]1[C@@H](F)[C@H](n2ccc(=O)[nH]c2=O)OC1(COS(=O)(=O)C(F)(F)F)COS(=O)(=O)C(F)(F)F. The van der Waals surface area contributed by atoms with Gasteiger partial charge in [0.2, 0.25) is 0 Å². The molecule has 0 spiro atoms. The molecular weight excluding hydrogens is 525 g/mol. The molecular formula is C13H13F7N2O9S2. The van der Waals surface area contributed by atoms with E-state index in [0.717, 1.165) is 6.92 Å². The second-order valence-electron chi connectivity index (χ2n) is 6.65. The van der Waals surface area contributed by atoms with Gasteiger partial charge in [0.05, 0.1) is 13.2 Å². The Morgan fingerprint density at radius 3 is 1.88 bits per heavy atom. The number of halogens is 7. The lowest BCUT2D eigenvalue weighted by molar-refractivity contribution is -0.133. The van der Waals surface area contributed by atoms with Crippen molar-refractivity contribution in [3.05, 3.63) is 33.1 Å². The number of alkyl halides is 7. The fourth-order valence-corrected chi connectivity index (χ4v) is 3.63. The molecule has 1 N–H and O–H groups in total. The number of H-pyrrole nitrogens is 1. The van der Waals surface area contributed by atoms with Crippen molar-refractivity contribution in [3.63, 3.8) is 0 Å². The zero-order chi connectivity index (χ0) is 25.6. The molecule has 1 aromatic heterocycles. The van der Waals surface area contributed by atoms with Crippen LogP contribution in [0.1, 0.15) is 13.2 Å². The molecule has 2 rings (SSSR count). The maximum Gasteiger partial charge on any atom is 0.523 e. The standard InChI is InChI=1S/C13H13F7N2O9S2/c1-6-8(14)9(22-3-2-7(23)21-10(22)24)31-11(6,4-29-32(25,26)12(15,16)17)5-30-33(27,28)13(18,19)20/h2-3,6,8-9H,4-5H2,1H3,(H,21,23,24)/t6-,8+,9+/m0/s1. The van der Waals surface area contributed by atoms with Crippen LogP contribution in [0.15, 0.2) is 21.9 Å². The molecule has 0 aromatic carbocycles. The molecule has 33 heavy (non-hydrogen) atoms. The maximum atomic E-state index is 14.9. The largest absolute Gasteiger partial charge is 0.523 e. The topological polar surface area (TPSA) is 151 Å². The van der Waals surface area contributed by atoms with Crippen molar-refractivity contribution in [2.45, 2.75) is 35.9 Å². The molecule has 1 saturated heterocycles. The van der Waals surface area contributed by atoms with Crippen LogP contribution in [0.5, 0.6) is 0 Å². The molecule has 20 heteroatoms. The highest BCUT2D eigenvalue weighted by Crippen LogP contribution is 2.44. The zero-order valence-corrected chi connectivity index (χ0v) is 17.5. The average molecular weight is 538 g/mol. The minimum Gasteiger partial charge on any atom is -0.343 e. The van der Waals surface area contributed by atoms with Crippen LogP contribution < -0.4 is 11.2 Å². The van der Waals surface area contributed by atoms with Gasteiger partial charge >= 0.3 is 36.9 Å². The summed E-state index contributed by atoms with van der Waals surface area (Å²) in [4.78, 5) is 24.7. The summed E-state index contributed by atoms with van der Waals surface area (Å²) in [6.45, 7) is -2.90. The summed E-state index contributed by atoms with van der Waals surface area (Å²) in [5.74, 6) is -1.90. The summed E-state index contributed by atoms with van der Waals surface area (Å²) in [5.41, 5.74) is -17.2. The maximum absolute atomic E-state index is 14.9. The van der Waals surface area contributed by atoms with Crippen molar-refractivity contribution in [2.24, 2.45) is 5.92 Å². The van der Waals surface area contributed by atoms with Crippen molar-refractivity contribution < 1.29 is 60.7 Å². The van der Waals surface area contributed by atoms with Gasteiger partial charge in [-0.1, -0.05) is 6.92 Å². The number of hydrogen-bond acceptors (Lipinski definition) is 9. The lowest BCUT2D eigenvalue weighted by Gasteiger charge is -2.31. The van der Waals surface area contributed by atoms with E-state index in [1.165, 1.54) is 0 Å². The molecule has 0 amide bonds. The fraction of sp³-hybridized carbons (Fsp3) is 0.692. The quantitative estimate of drug-likeness (QED) is 0.298. The molecule has 0 radical (unpaired) electrons. The number of hydrogen-bond donors (Lipinski definition) is 1. The normalized spacial score (nSPS) is 24.2. The Bertz CT molecular complexity index is 1160. The van der Waals surface area contributed by atoms with Crippen molar-refractivity contribution in [2.75, 3.05) is 13.2 Å². The van der Waals surface area contributed by atoms with Crippen LogP contribution >= 0.6 is 0 Å². The fourth-order valence-electron chi connectivity index (χ4n) is 2.65. The first-order chi connectivity index (χ1) is 14.7. The lowest BCUT2D eigenvalue weighted by Crippen LogP contribution is -2.48. The molecule has 0 saturated carbocycles. The van der Waals surface area contributed by atoms with E-state index in [9.17, 15) is 57.2 Å². The molecule has 0 aliphatic carbocycles. The van der Waals surface area contributed by atoms with Crippen molar-refractivity contribution in [3.8, 4) is 0 Å². The van der Waals surface area contributed by atoms with Gasteiger partial charge in [0.1, 0.15) is 5.60 Å². The predicted molar refractivity (Wildman–Crippen MR) is 90.1 cm³/mol. The van der Waals surface area contributed by atoms with Gasteiger partial charge < -0.3 is 4.74 Å². The summed E-state index contributed by atoms with van der Waals surface area (Å²) in [6, 6.07) is 0.692. The first-order valence-electron chi connectivity index (χ1n) is 8.29. The Morgan fingerprint density at radius 2 is 1.48 bits per heavy atom.